The number of hydrogen-bond donors (Lipinski definition) is 1. The topological polar surface area (TPSA) is 49.6 Å². The summed E-state index contributed by atoms with van der Waals surface area (Å²) >= 11 is 0. The Hall–Kier alpha value is -1.55. The SMILES string of the molecule is Cc1cccc(N2CCN(CC(N)=O)CC2)c1. The third-order valence-corrected chi connectivity index (χ3v) is 3.12. The summed E-state index contributed by atoms with van der Waals surface area (Å²) in [6.45, 7) is 6.19. The van der Waals surface area contributed by atoms with E-state index in [0.29, 0.717) is 6.54 Å². The number of anilines is 1. The minimum absolute atomic E-state index is 0.242. The number of benzene rings is 1. The van der Waals surface area contributed by atoms with E-state index in [-0.39, 0.29) is 5.91 Å². The summed E-state index contributed by atoms with van der Waals surface area (Å²) in [7, 11) is 0. The van der Waals surface area contributed by atoms with Crippen molar-refractivity contribution < 1.29 is 4.79 Å². The van der Waals surface area contributed by atoms with Crippen molar-refractivity contribution in [2.45, 2.75) is 6.92 Å². The normalized spacial score (nSPS) is 17.1. The third kappa shape index (κ3) is 3.20. The first-order valence-corrected chi connectivity index (χ1v) is 5.97. The van der Waals surface area contributed by atoms with Crippen molar-refractivity contribution in [3.8, 4) is 0 Å². The molecule has 1 saturated heterocycles. The van der Waals surface area contributed by atoms with Gasteiger partial charge in [-0.2, -0.15) is 0 Å². The van der Waals surface area contributed by atoms with Crippen LogP contribution in [0.4, 0.5) is 5.69 Å². The average Bonchev–Trinajstić information content (AvgIpc) is 2.29. The van der Waals surface area contributed by atoms with Crippen LogP contribution in [0.15, 0.2) is 24.3 Å². The maximum absolute atomic E-state index is 10.8. The lowest BCUT2D eigenvalue weighted by Crippen LogP contribution is -2.48. The molecule has 0 radical (unpaired) electrons. The van der Waals surface area contributed by atoms with Crippen LogP contribution >= 0.6 is 0 Å². The Morgan fingerprint density at radius 1 is 1.29 bits per heavy atom. The molecule has 0 unspecified atom stereocenters. The van der Waals surface area contributed by atoms with Crippen LogP contribution in [0.5, 0.6) is 0 Å². The summed E-state index contributed by atoms with van der Waals surface area (Å²) in [5, 5.41) is 0. The summed E-state index contributed by atoms with van der Waals surface area (Å²) in [6.07, 6.45) is 0. The summed E-state index contributed by atoms with van der Waals surface area (Å²) < 4.78 is 0. The molecule has 1 aliphatic heterocycles. The number of amides is 1. The lowest BCUT2D eigenvalue weighted by atomic mass is 10.2. The number of carbonyl (C=O) groups is 1. The van der Waals surface area contributed by atoms with E-state index in [4.69, 9.17) is 5.73 Å². The number of rotatable bonds is 3. The highest BCUT2D eigenvalue weighted by molar-refractivity contribution is 5.75. The van der Waals surface area contributed by atoms with Crippen LogP contribution < -0.4 is 10.6 Å². The Bertz CT molecular complexity index is 397. The Morgan fingerprint density at radius 3 is 2.59 bits per heavy atom. The molecule has 1 fully saturated rings. The molecule has 0 spiro atoms. The van der Waals surface area contributed by atoms with Gasteiger partial charge in [-0.05, 0) is 24.6 Å². The quantitative estimate of drug-likeness (QED) is 0.832. The van der Waals surface area contributed by atoms with Crippen molar-refractivity contribution in [1.82, 2.24) is 4.90 Å². The molecule has 1 heterocycles. The molecule has 2 N–H and O–H groups in total. The molecule has 0 bridgehead atoms. The fourth-order valence-electron chi connectivity index (χ4n) is 2.21. The van der Waals surface area contributed by atoms with Gasteiger partial charge in [0.2, 0.25) is 5.91 Å². The Labute approximate surface area is 102 Å². The van der Waals surface area contributed by atoms with Crippen LogP contribution in [0.1, 0.15) is 5.56 Å². The minimum Gasteiger partial charge on any atom is -0.369 e. The van der Waals surface area contributed by atoms with Crippen molar-refractivity contribution in [2.75, 3.05) is 37.6 Å². The van der Waals surface area contributed by atoms with Gasteiger partial charge in [-0.15, -0.1) is 0 Å². The van der Waals surface area contributed by atoms with Crippen LogP contribution in [0.3, 0.4) is 0 Å². The van der Waals surface area contributed by atoms with Gasteiger partial charge in [0.1, 0.15) is 0 Å². The summed E-state index contributed by atoms with van der Waals surface area (Å²) in [6, 6.07) is 8.52. The monoisotopic (exact) mass is 233 g/mol. The molecule has 4 heteroatoms. The maximum atomic E-state index is 10.8. The number of carbonyl (C=O) groups excluding carboxylic acids is 1. The highest BCUT2D eigenvalue weighted by Gasteiger charge is 2.18. The van der Waals surface area contributed by atoms with Crippen LogP contribution in [0.2, 0.25) is 0 Å². The van der Waals surface area contributed by atoms with E-state index in [1.807, 2.05) is 0 Å². The van der Waals surface area contributed by atoms with Gasteiger partial charge in [-0.25, -0.2) is 0 Å². The highest BCUT2D eigenvalue weighted by atomic mass is 16.1. The number of nitrogens with zero attached hydrogens (tertiary/aromatic N) is 2. The van der Waals surface area contributed by atoms with Crippen LogP contribution in [-0.2, 0) is 4.79 Å². The van der Waals surface area contributed by atoms with E-state index in [9.17, 15) is 4.79 Å². The van der Waals surface area contributed by atoms with E-state index >= 15 is 0 Å². The molecular formula is C13H19N3O. The number of aryl methyl sites for hydroxylation is 1. The molecule has 0 aliphatic carbocycles. The first-order chi connectivity index (χ1) is 8.15. The molecule has 0 saturated carbocycles. The molecule has 1 aromatic carbocycles. The Balaban J connectivity index is 1.93. The van der Waals surface area contributed by atoms with Gasteiger partial charge in [0.05, 0.1) is 6.54 Å². The number of primary amides is 1. The predicted octanol–water partition coefficient (Wildman–Crippen LogP) is 0.602. The molecule has 2 rings (SSSR count). The standard InChI is InChI=1S/C13H19N3O/c1-11-3-2-4-12(9-11)16-7-5-15(6-8-16)10-13(14)17/h2-4,9H,5-8,10H2,1H3,(H2,14,17). The summed E-state index contributed by atoms with van der Waals surface area (Å²) in [5.41, 5.74) is 7.74. The minimum atomic E-state index is -0.242. The van der Waals surface area contributed by atoms with Gasteiger partial charge >= 0.3 is 0 Å². The van der Waals surface area contributed by atoms with Gasteiger partial charge in [-0.1, -0.05) is 12.1 Å². The highest BCUT2D eigenvalue weighted by Crippen LogP contribution is 2.17. The van der Waals surface area contributed by atoms with Crippen LogP contribution in [0, 0.1) is 6.92 Å². The molecular weight excluding hydrogens is 214 g/mol. The number of nitrogens with two attached hydrogens (primary N) is 1. The second kappa shape index (κ2) is 5.19. The molecule has 1 amide bonds. The molecule has 92 valence electrons. The van der Waals surface area contributed by atoms with Gasteiger partial charge in [-0.3, -0.25) is 9.69 Å². The fourth-order valence-corrected chi connectivity index (χ4v) is 2.21. The van der Waals surface area contributed by atoms with Crippen molar-refractivity contribution in [3.63, 3.8) is 0 Å². The van der Waals surface area contributed by atoms with E-state index in [1.54, 1.807) is 0 Å². The first kappa shape index (κ1) is 11.9. The largest absolute Gasteiger partial charge is 0.369 e. The van der Waals surface area contributed by atoms with Gasteiger partial charge in [0, 0.05) is 31.9 Å². The lowest BCUT2D eigenvalue weighted by molar-refractivity contribution is -0.119. The molecule has 0 atom stereocenters. The lowest BCUT2D eigenvalue weighted by Gasteiger charge is -2.35. The second-order valence-corrected chi connectivity index (χ2v) is 4.57. The van der Waals surface area contributed by atoms with Crippen molar-refractivity contribution in [1.29, 1.82) is 0 Å². The zero-order valence-corrected chi connectivity index (χ0v) is 10.2. The van der Waals surface area contributed by atoms with Gasteiger partial charge < -0.3 is 10.6 Å². The molecule has 0 aromatic heterocycles. The Kier molecular flexibility index (Phi) is 3.64. The molecule has 1 aliphatic rings. The maximum Gasteiger partial charge on any atom is 0.231 e. The second-order valence-electron chi connectivity index (χ2n) is 4.57. The van der Waals surface area contributed by atoms with E-state index in [2.05, 4.69) is 41.0 Å². The van der Waals surface area contributed by atoms with Crippen LogP contribution in [0.25, 0.3) is 0 Å². The van der Waals surface area contributed by atoms with Crippen molar-refractivity contribution in [3.05, 3.63) is 29.8 Å². The Morgan fingerprint density at radius 2 is 2.00 bits per heavy atom. The van der Waals surface area contributed by atoms with E-state index in [1.165, 1.54) is 11.3 Å². The van der Waals surface area contributed by atoms with E-state index < -0.39 is 0 Å². The first-order valence-electron chi connectivity index (χ1n) is 5.97. The van der Waals surface area contributed by atoms with Gasteiger partial charge in [0.25, 0.3) is 0 Å². The smallest absolute Gasteiger partial charge is 0.231 e. The van der Waals surface area contributed by atoms with Gasteiger partial charge in [0.15, 0.2) is 0 Å². The van der Waals surface area contributed by atoms with E-state index in [0.717, 1.165) is 26.2 Å². The number of hydrogen-bond acceptors (Lipinski definition) is 3. The zero-order valence-electron chi connectivity index (χ0n) is 10.2. The third-order valence-electron chi connectivity index (χ3n) is 3.12. The summed E-state index contributed by atoms with van der Waals surface area (Å²) in [5.74, 6) is -0.242. The molecule has 17 heavy (non-hydrogen) atoms. The predicted molar refractivity (Wildman–Crippen MR) is 69.0 cm³/mol. The van der Waals surface area contributed by atoms with Crippen LogP contribution in [-0.4, -0.2) is 43.5 Å². The van der Waals surface area contributed by atoms with Crippen molar-refractivity contribution in [2.24, 2.45) is 5.73 Å². The molecule has 4 nitrogen and oxygen atoms in total. The van der Waals surface area contributed by atoms with Crippen molar-refractivity contribution >= 4 is 11.6 Å². The summed E-state index contributed by atoms with van der Waals surface area (Å²) in [4.78, 5) is 15.3. The average molecular weight is 233 g/mol. The molecule has 1 aromatic rings. The number of piperazine rings is 1. The fraction of sp³-hybridized carbons (Fsp3) is 0.462. The zero-order chi connectivity index (χ0) is 12.3.